The van der Waals surface area contributed by atoms with Gasteiger partial charge in [0.1, 0.15) is 16.5 Å². The van der Waals surface area contributed by atoms with Crippen LogP contribution in [0.3, 0.4) is 0 Å². The molecule has 0 amide bonds. The second-order valence-electron chi connectivity index (χ2n) is 8.12. The van der Waals surface area contributed by atoms with E-state index in [-0.39, 0.29) is 0 Å². The van der Waals surface area contributed by atoms with Gasteiger partial charge in [0.05, 0.1) is 13.2 Å². The summed E-state index contributed by atoms with van der Waals surface area (Å²) >= 11 is 0. The Morgan fingerprint density at radius 1 is 0.783 bits per heavy atom. The van der Waals surface area contributed by atoms with Crippen LogP contribution < -0.4 is 4.65 Å². The van der Waals surface area contributed by atoms with Crippen molar-refractivity contribution in [3.8, 4) is 0 Å². The summed E-state index contributed by atoms with van der Waals surface area (Å²) in [4.78, 5) is 0. The molecule has 0 aliphatic carbocycles. The van der Waals surface area contributed by atoms with Crippen molar-refractivity contribution in [3.63, 3.8) is 0 Å². The van der Waals surface area contributed by atoms with E-state index < -0.39 is 16.5 Å². The van der Waals surface area contributed by atoms with Crippen molar-refractivity contribution in [2.75, 3.05) is 26.4 Å². The minimum Gasteiger partial charge on any atom is -0.377 e. The Labute approximate surface area is 146 Å². The van der Waals surface area contributed by atoms with E-state index in [1.54, 1.807) is 0 Å². The van der Waals surface area contributed by atoms with E-state index in [1.165, 1.54) is 12.1 Å². The van der Waals surface area contributed by atoms with Crippen molar-refractivity contribution in [3.05, 3.63) is 24.3 Å². The van der Waals surface area contributed by atoms with E-state index >= 15 is 0 Å². The minimum absolute atomic E-state index is 0.694. The Bertz CT molecular complexity index is 334. The van der Waals surface area contributed by atoms with Crippen molar-refractivity contribution < 1.29 is 9.47 Å². The van der Waals surface area contributed by atoms with E-state index in [0.29, 0.717) is 13.2 Å². The van der Waals surface area contributed by atoms with E-state index in [0.717, 1.165) is 37.2 Å². The maximum Gasteiger partial charge on any atom is 0.112 e. The molecule has 0 unspecified atom stereocenters. The van der Waals surface area contributed by atoms with Crippen LogP contribution in [0, 0.1) is 0 Å². The lowest BCUT2D eigenvalue weighted by atomic mass is 10.4. The Morgan fingerprint density at radius 2 is 1.13 bits per heavy atom. The summed E-state index contributed by atoms with van der Waals surface area (Å²) in [5.41, 5.74) is 2.20. The second kappa shape index (κ2) is 11.4. The van der Waals surface area contributed by atoms with Crippen molar-refractivity contribution in [2.24, 2.45) is 0 Å². The quantitative estimate of drug-likeness (QED) is 0.271. The molecule has 0 heterocycles. The van der Waals surface area contributed by atoms with Crippen molar-refractivity contribution in [1.82, 2.24) is 4.65 Å². The predicted molar refractivity (Wildman–Crippen MR) is 108 cm³/mol. The molecule has 1 N–H and O–H groups in total. The fraction of sp³-hybridized carbons (Fsp3) is 0.778. The molecule has 0 aliphatic heterocycles. The molecule has 0 aromatic heterocycles. The lowest BCUT2D eigenvalue weighted by molar-refractivity contribution is 0.156. The standard InChI is InChI=1S/C18H39NO2Si2/c1-17(2)15-20-11-9-13-22(5,6)19-23(7,8)14-10-12-21-16-18(3)4/h19H,1,3,9-16H2,2,4-8H3. The van der Waals surface area contributed by atoms with Gasteiger partial charge >= 0.3 is 0 Å². The van der Waals surface area contributed by atoms with E-state index in [1.807, 2.05) is 13.8 Å². The second-order valence-corrected chi connectivity index (χ2v) is 17.7. The molecule has 0 rings (SSSR count). The first-order chi connectivity index (χ1) is 10.5. The van der Waals surface area contributed by atoms with Gasteiger partial charge in [0.25, 0.3) is 0 Å². The number of nitrogens with one attached hydrogen (secondary N) is 1. The van der Waals surface area contributed by atoms with Gasteiger partial charge in [0, 0.05) is 13.2 Å². The fourth-order valence-electron chi connectivity index (χ4n) is 2.77. The molecular weight excluding hydrogens is 318 g/mol. The first-order valence-corrected chi connectivity index (χ1v) is 15.2. The topological polar surface area (TPSA) is 30.5 Å². The molecular formula is C18H39NO2Si2. The Hall–Kier alpha value is -0.206. The first kappa shape index (κ1) is 22.8. The van der Waals surface area contributed by atoms with Crippen LogP contribution in [0.1, 0.15) is 26.7 Å². The van der Waals surface area contributed by atoms with Crippen LogP contribution in [-0.2, 0) is 9.47 Å². The van der Waals surface area contributed by atoms with Crippen LogP contribution in [0.4, 0.5) is 0 Å². The first-order valence-electron chi connectivity index (χ1n) is 8.78. The molecule has 136 valence electrons. The molecule has 0 saturated carbocycles. The average Bonchev–Trinajstić information content (AvgIpc) is 2.35. The Morgan fingerprint density at radius 3 is 1.43 bits per heavy atom. The van der Waals surface area contributed by atoms with Crippen LogP contribution in [-0.4, -0.2) is 42.9 Å². The fourth-order valence-corrected chi connectivity index (χ4v) is 13.2. The van der Waals surface area contributed by atoms with Gasteiger partial charge in [-0.05, 0) is 38.8 Å². The lowest BCUT2D eigenvalue weighted by Gasteiger charge is -2.35. The zero-order chi connectivity index (χ0) is 17.9. The monoisotopic (exact) mass is 357 g/mol. The number of rotatable bonds is 14. The molecule has 0 fully saturated rings. The summed E-state index contributed by atoms with van der Waals surface area (Å²) in [5.74, 6) is 0. The van der Waals surface area contributed by atoms with E-state index in [9.17, 15) is 0 Å². The lowest BCUT2D eigenvalue weighted by Crippen LogP contribution is -2.58. The van der Waals surface area contributed by atoms with Crippen molar-refractivity contribution in [1.29, 1.82) is 0 Å². The number of ether oxygens (including phenoxy) is 2. The van der Waals surface area contributed by atoms with Gasteiger partial charge in [-0.3, -0.25) is 0 Å². The maximum atomic E-state index is 5.61. The third-order valence-corrected chi connectivity index (χ3v) is 12.2. The average molecular weight is 358 g/mol. The van der Waals surface area contributed by atoms with Gasteiger partial charge in [-0.2, -0.15) is 0 Å². The smallest absolute Gasteiger partial charge is 0.112 e. The highest BCUT2D eigenvalue weighted by molar-refractivity contribution is 6.91. The number of hydrogen-bond acceptors (Lipinski definition) is 3. The SMILES string of the molecule is C=C(C)COCCC[Si](C)(C)N[Si](C)(C)CCCOCC(=C)C. The van der Waals surface area contributed by atoms with Crippen LogP contribution in [0.2, 0.25) is 38.3 Å². The normalized spacial score (nSPS) is 12.4. The van der Waals surface area contributed by atoms with E-state index in [4.69, 9.17) is 9.47 Å². The maximum absolute atomic E-state index is 5.61. The molecule has 0 atom stereocenters. The van der Waals surface area contributed by atoms with Gasteiger partial charge in [-0.15, -0.1) is 0 Å². The molecule has 0 spiro atoms. The summed E-state index contributed by atoms with van der Waals surface area (Å²) in [6.45, 7) is 24.6. The highest BCUT2D eigenvalue weighted by atomic mass is 28.4. The Kier molecular flexibility index (Phi) is 11.3. The molecule has 0 saturated heterocycles. The van der Waals surface area contributed by atoms with Crippen LogP contribution >= 0.6 is 0 Å². The van der Waals surface area contributed by atoms with Gasteiger partial charge in [0.15, 0.2) is 0 Å². The predicted octanol–water partition coefficient (Wildman–Crippen LogP) is 4.95. The van der Waals surface area contributed by atoms with Gasteiger partial charge in [-0.25, -0.2) is 0 Å². The van der Waals surface area contributed by atoms with Gasteiger partial charge in [0.2, 0.25) is 0 Å². The summed E-state index contributed by atoms with van der Waals surface area (Å²) < 4.78 is 15.3. The third kappa shape index (κ3) is 15.1. The molecule has 5 heteroatoms. The van der Waals surface area contributed by atoms with Crippen LogP contribution in [0.25, 0.3) is 0 Å². The molecule has 0 aromatic rings. The zero-order valence-electron chi connectivity index (χ0n) is 16.4. The van der Waals surface area contributed by atoms with E-state index in [2.05, 4.69) is 44.0 Å². The summed E-state index contributed by atoms with van der Waals surface area (Å²) in [6, 6.07) is 2.54. The summed E-state index contributed by atoms with van der Waals surface area (Å²) in [7, 11) is -2.70. The molecule has 23 heavy (non-hydrogen) atoms. The van der Waals surface area contributed by atoms with Crippen LogP contribution in [0.5, 0.6) is 0 Å². The largest absolute Gasteiger partial charge is 0.377 e. The summed E-state index contributed by atoms with van der Waals surface area (Å²) in [5, 5.41) is 0. The third-order valence-electron chi connectivity index (χ3n) is 3.55. The molecule has 3 nitrogen and oxygen atoms in total. The number of hydrogen-bond donors (Lipinski definition) is 1. The highest BCUT2D eigenvalue weighted by Gasteiger charge is 2.30. The van der Waals surface area contributed by atoms with Gasteiger partial charge in [-0.1, -0.05) is 50.5 Å². The molecule has 0 aliphatic rings. The van der Waals surface area contributed by atoms with Gasteiger partial charge < -0.3 is 14.1 Å². The highest BCUT2D eigenvalue weighted by Crippen LogP contribution is 2.17. The van der Waals surface area contributed by atoms with Crippen molar-refractivity contribution >= 4 is 16.5 Å². The van der Waals surface area contributed by atoms with Crippen LogP contribution in [0.15, 0.2) is 24.3 Å². The summed E-state index contributed by atoms with van der Waals surface area (Å²) in [6.07, 6.45) is 2.29. The Balaban J connectivity index is 3.94. The minimum atomic E-state index is -1.35. The molecule has 0 aromatic carbocycles. The zero-order valence-corrected chi connectivity index (χ0v) is 18.4. The van der Waals surface area contributed by atoms with Crippen molar-refractivity contribution in [2.45, 2.75) is 65.0 Å². The molecule has 0 bridgehead atoms. The molecule has 0 radical (unpaired) electrons.